The van der Waals surface area contributed by atoms with E-state index in [9.17, 15) is 4.39 Å². The van der Waals surface area contributed by atoms with E-state index in [1.807, 2.05) is 13.0 Å². The van der Waals surface area contributed by atoms with Crippen LogP contribution >= 0.6 is 11.8 Å². The van der Waals surface area contributed by atoms with Crippen molar-refractivity contribution in [1.29, 1.82) is 0 Å². The third-order valence-electron chi connectivity index (χ3n) is 1.95. The number of hydrogen-bond donors (Lipinski definition) is 1. The molecule has 0 radical (unpaired) electrons. The molecule has 0 saturated heterocycles. The molecule has 0 amide bonds. The van der Waals surface area contributed by atoms with Crippen LogP contribution in [0, 0.1) is 12.7 Å². The van der Waals surface area contributed by atoms with Crippen LogP contribution in [-0.4, -0.2) is 9.97 Å². The van der Waals surface area contributed by atoms with Crippen LogP contribution in [0.4, 0.5) is 10.3 Å². The van der Waals surface area contributed by atoms with Crippen LogP contribution in [0.25, 0.3) is 0 Å². The summed E-state index contributed by atoms with van der Waals surface area (Å²) in [6, 6.07) is 6.36. The Balaban J connectivity index is 2.30. The number of hydrogen-bond acceptors (Lipinski definition) is 4. The molecule has 2 aromatic rings. The van der Waals surface area contributed by atoms with Crippen molar-refractivity contribution in [2.24, 2.45) is 0 Å². The van der Waals surface area contributed by atoms with Gasteiger partial charge in [0.2, 0.25) is 5.95 Å². The Kier molecular flexibility index (Phi) is 3.05. The van der Waals surface area contributed by atoms with Gasteiger partial charge in [0, 0.05) is 16.7 Å². The van der Waals surface area contributed by atoms with E-state index in [2.05, 4.69) is 9.97 Å². The molecular weight excluding hydrogens is 225 g/mol. The molecule has 0 aliphatic carbocycles. The normalized spacial score (nSPS) is 10.4. The lowest BCUT2D eigenvalue weighted by atomic mass is 10.3. The Labute approximate surface area is 96.9 Å². The van der Waals surface area contributed by atoms with Crippen LogP contribution in [0.3, 0.4) is 0 Å². The van der Waals surface area contributed by atoms with E-state index < -0.39 is 0 Å². The Hall–Kier alpha value is -1.62. The predicted molar refractivity (Wildman–Crippen MR) is 61.7 cm³/mol. The summed E-state index contributed by atoms with van der Waals surface area (Å²) in [4.78, 5) is 8.78. The second kappa shape index (κ2) is 4.49. The average molecular weight is 235 g/mol. The lowest BCUT2D eigenvalue weighted by Crippen LogP contribution is -1.97. The van der Waals surface area contributed by atoms with Gasteiger partial charge < -0.3 is 5.73 Å². The molecule has 0 spiro atoms. The fraction of sp³-hybridized carbons (Fsp3) is 0.0909. The third-order valence-corrected chi connectivity index (χ3v) is 3.05. The minimum Gasteiger partial charge on any atom is -0.368 e. The van der Waals surface area contributed by atoms with Gasteiger partial charge in [-0.1, -0.05) is 17.8 Å². The molecule has 0 aliphatic rings. The minimum absolute atomic E-state index is 0.226. The zero-order chi connectivity index (χ0) is 11.5. The van der Waals surface area contributed by atoms with Gasteiger partial charge in [0.25, 0.3) is 0 Å². The number of halogens is 1. The van der Waals surface area contributed by atoms with Gasteiger partial charge in [-0.25, -0.2) is 14.4 Å². The largest absolute Gasteiger partial charge is 0.368 e. The zero-order valence-corrected chi connectivity index (χ0v) is 9.46. The van der Waals surface area contributed by atoms with Gasteiger partial charge in [-0.05, 0) is 25.1 Å². The highest BCUT2D eigenvalue weighted by molar-refractivity contribution is 7.99. The van der Waals surface area contributed by atoms with Crippen molar-refractivity contribution in [3.05, 3.63) is 41.8 Å². The van der Waals surface area contributed by atoms with Crippen molar-refractivity contribution >= 4 is 17.7 Å². The summed E-state index contributed by atoms with van der Waals surface area (Å²) in [5.41, 5.74) is 6.42. The monoisotopic (exact) mass is 235 g/mol. The first-order valence-corrected chi connectivity index (χ1v) is 5.49. The third kappa shape index (κ3) is 2.49. The molecule has 0 atom stereocenters. The van der Waals surface area contributed by atoms with Gasteiger partial charge in [0.15, 0.2) is 0 Å². The molecule has 0 fully saturated rings. The highest BCUT2D eigenvalue weighted by atomic mass is 32.2. The maximum atomic E-state index is 13.0. The Morgan fingerprint density at radius 3 is 2.94 bits per heavy atom. The molecule has 1 aromatic heterocycles. The average Bonchev–Trinajstić information content (AvgIpc) is 2.24. The van der Waals surface area contributed by atoms with Gasteiger partial charge in [-0.3, -0.25) is 0 Å². The summed E-state index contributed by atoms with van der Waals surface area (Å²) in [5, 5.41) is 0.748. The van der Waals surface area contributed by atoms with Crippen molar-refractivity contribution in [3.8, 4) is 0 Å². The Morgan fingerprint density at radius 2 is 2.19 bits per heavy atom. The van der Waals surface area contributed by atoms with E-state index in [-0.39, 0.29) is 11.8 Å². The smallest absolute Gasteiger partial charge is 0.221 e. The summed E-state index contributed by atoms with van der Waals surface area (Å²) < 4.78 is 13.0. The van der Waals surface area contributed by atoms with Crippen molar-refractivity contribution in [2.75, 3.05) is 5.73 Å². The highest BCUT2D eigenvalue weighted by Gasteiger charge is 2.05. The van der Waals surface area contributed by atoms with E-state index in [0.29, 0.717) is 0 Å². The van der Waals surface area contributed by atoms with Gasteiger partial charge in [-0.15, -0.1) is 0 Å². The molecule has 2 rings (SSSR count). The van der Waals surface area contributed by atoms with Crippen molar-refractivity contribution in [1.82, 2.24) is 9.97 Å². The van der Waals surface area contributed by atoms with Gasteiger partial charge in [0.05, 0.1) is 0 Å². The van der Waals surface area contributed by atoms with Crippen LogP contribution in [-0.2, 0) is 0 Å². The van der Waals surface area contributed by atoms with E-state index in [1.165, 1.54) is 23.9 Å². The first-order chi connectivity index (χ1) is 7.65. The van der Waals surface area contributed by atoms with Gasteiger partial charge in [0.1, 0.15) is 10.8 Å². The molecule has 1 heterocycles. The van der Waals surface area contributed by atoms with Crippen molar-refractivity contribution < 1.29 is 4.39 Å². The predicted octanol–water partition coefficient (Wildman–Crippen LogP) is 2.66. The lowest BCUT2D eigenvalue weighted by Gasteiger charge is -2.04. The van der Waals surface area contributed by atoms with Gasteiger partial charge >= 0.3 is 0 Å². The molecule has 82 valence electrons. The fourth-order valence-corrected chi connectivity index (χ4v) is 2.08. The molecule has 0 bridgehead atoms. The summed E-state index contributed by atoms with van der Waals surface area (Å²) in [6.45, 7) is 1.89. The summed E-state index contributed by atoms with van der Waals surface area (Å²) in [6.07, 6.45) is 1.66. The molecule has 3 nitrogen and oxygen atoms in total. The number of rotatable bonds is 2. The Bertz CT molecular complexity index is 516. The van der Waals surface area contributed by atoms with Gasteiger partial charge in [-0.2, -0.15) is 0 Å². The van der Waals surface area contributed by atoms with E-state index in [4.69, 9.17) is 5.73 Å². The van der Waals surface area contributed by atoms with E-state index in [1.54, 1.807) is 12.3 Å². The standard InChI is InChI=1S/C11H10FN3S/c1-7-6-14-11(13)15-10(7)16-9-4-2-3-8(12)5-9/h2-6H,1H3,(H2,13,14,15). The van der Waals surface area contributed by atoms with Crippen LogP contribution in [0.1, 0.15) is 5.56 Å². The van der Waals surface area contributed by atoms with Crippen LogP contribution in [0.2, 0.25) is 0 Å². The number of aryl methyl sites for hydroxylation is 1. The number of nitrogen functional groups attached to an aromatic ring is 1. The summed E-state index contributed by atoms with van der Waals surface area (Å²) in [5.74, 6) is -0.0332. The number of anilines is 1. The van der Waals surface area contributed by atoms with E-state index >= 15 is 0 Å². The fourth-order valence-electron chi connectivity index (χ4n) is 1.18. The van der Waals surface area contributed by atoms with E-state index in [0.717, 1.165) is 15.5 Å². The minimum atomic E-state index is -0.260. The van der Waals surface area contributed by atoms with Crippen molar-refractivity contribution in [3.63, 3.8) is 0 Å². The SMILES string of the molecule is Cc1cnc(N)nc1Sc1cccc(F)c1. The zero-order valence-electron chi connectivity index (χ0n) is 8.64. The number of benzene rings is 1. The molecule has 16 heavy (non-hydrogen) atoms. The second-order valence-corrected chi connectivity index (χ2v) is 4.34. The molecule has 2 N–H and O–H groups in total. The first kappa shape index (κ1) is 10.9. The van der Waals surface area contributed by atoms with Crippen molar-refractivity contribution in [2.45, 2.75) is 16.8 Å². The first-order valence-electron chi connectivity index (χ1n) is 4.67. The molecule has 5 heteroatoms. The topological polar surface area (TPSA) is 51.8 Å². The number of nitrogens with zero attached hydrogens (tertiary/aromatic N) is 2. The molecule has 1 aromatic carbocycles. The molecule has 0 unspecified atom stereocenters. The quantitative estimate of drug-likeness (QED) is 0.813. The van der Waals surface area contributed by atoms with Crippen LogP contribution in [0.15, 0.2) is 40.4 Å². The molecule has 0 saturated carbocycles. The maximum Gasteiger partial charge on any atom is 0.221 e. The number of aromatic nitrogens is 2. The maximum absolute atomic E-state index is 13.0. The molecular formula is C11H10FN3S. The summed E-state index contributed by atoms with van der Waals surface area (Å²) >= 11 is 1.37. The van der Waals surface area contributed by atoms with Crippen LogP contribution in [0.5, 0.6) is 0 Å². The van der Waals surface area contributed by atoms with Crippen LogP contribution < -0.4 is 5.73 Å². The lowest BCUT2D eigenvalue weighted by molar-refractivity contribution is 0.624. The number of nitrogens with two attached hydrogens (primary N) is 1. The molecule has 0 aliphatic heterocycles. The highest BCUT2D eigenvalue weighted by Crippen LogP contribution is 2.28. The Morgan fingerprint density at radius 1 is 1.38 bits per heavy atom. The summed E-state index contributed by atoms with van der Waals surface area (Å²) in [7, 11) is 0. The second-order valence-electron chi connectivity index (χ2n) is 3.28.